The summed E-state index contributed by atoms with van der Waals surface area (Å²) in [5.74, 6) is 0.0203. The molecule has 0 saturated heterocycles. The van der Waals surface area contributed by atoms with Gasteiger partial charge in [-0.15, -0.1) is 11.3 Å². The van der Waals surface area contributed by atoms with Gasteiger partial charge in [-0.05, 0) is 19.4 Å². The molecule has 2 aromatic heterocycles. The fourth-order valence-corrected chi connectivity index (χ4v) is 3.55. The molecule has 3 aromatic rings. The molecule has 0 atom stereocenters. The summed E-state index contributed by atoms with van der Waals surface area (Å²) in [4.78, 5) is 32.9. The molecule has 25 heavy (non-hydrogen) atoms. The third-order valence-electron chi connectivity index (χ3n) is 3.83. The first-order valence-corrected chi connectivity index (χ1v) is 8.59. The number of carbonyl (C=O) groups is 1. The van der Waals surface area contributed by atoms with Crippen LogP contribution in [-0.2, 0) is 9.47 Å². The SMILES string of the molecule is COCCOC(=O)c1sc2nc(-c3ccc(C)cc3)[nH]c(=O)c2c1C. The summed E-state index contributed by atoms with van der Waals surface area (Å²) in [5.41, 5.74) is 2.27. The summed E-state index contributed by atoms with van der Waals surface area (Å²) >= 11 is 1.17. The lowest BCUT2D eigenvalue weighted by Crippen LogP contribution is -2.11. The van der Waals surface area contributed by atoms with E-state index in [1.54, 1.807) is 6.92 Å². The number of esters is 1. The molecule has 1 N–H and O–H groups in total. The van der Waals surface area contributed by atoms with E-state index in [9.17, 15) is 9.59 Å². The van der Waals surface area contributed by atoms with Crippen LogP contribution in [0, 0.1) is 13.8 Å². The lowest BCUT2D eigenvalue weighted by atomic mass is 10.1. The minimum Gasteiger partial charge on any atom is -0.459 e. The van der Waals surface area contributed by atoms with Crippen LogP contribution < -0.4 is 5.56 Å². The zero-order valence-electron chi connectivity index (χ0n) is 14.2. The molecular formula is C18H18N2O4S. The molecule has 3 rings (SSSR count). The molecule has 130 valence electrons. The average molecular weight is 358 g/mol. The van der Waals surface area contributed by atoms with Crippen molar-refractivity contribution in [2.45, 2.75) is 13.8 Å². The number of H-pyrrole nitrogens is 1. The third kappa shape index (κ3) is 3.47. The molecule has 0 amide bonds. The Morgan fingerprint density at radius 3 is 2.60 bits per heavy atom. The molecule has 0 aliphatic heterocycles. The highest BCUT2D eigenvalue weighted by Crippen LogP contribution is 2.29. The number of fused-ring (bicyclic) bond motifs is 1. The molecule has 0 aliphatic carbocycles. The first-order chi connectivity index (χ1) is 12.0. The Balaban J connectivity index is 2.02. The van der Waals surface area contributed by atoms with E-state index < -0.39 is 5.97 Å². The first kappa shape index (κ1) is 17.3. The number of rotatable bonds is 5. The first-order valence-electron chi connectivity index (χ1n) is 7.77. The fourth-order valence-electron chi connectivity index (χ4n) is 2.47. The Hall–Kier alpha value is -2.51. The van der Waals surface area contributed by atoms with Gasteiger partial charge in [0, 0.05) is 12.7 Å². The molecular weight excluding hydrogens is 340 g/mol. The number of methoxy groups -OCH3 is 1. The normalized spacial score (nSPS) is 11.0. The van der Waals surface area contributed by atoms with Crippen molar-refractivity contribution in [2.75, 3.05) is 20.3 Å². The Bertz CT molecular complexity index is 973. The zero-order chi connectivity index (χ0) is 18.0. The number of ether oxygens (including phenoxy) is 2. The lowest BCUT2D eigenvalue weighted by Gasteiger charge is -2.02. The van der Waals surface area contributed by atoms with Gasteiger partial charge in [-0.25, -0.2) is 9.78 Å². The van der Waals surface area contributed by atoms with E-state index in [1.807, 2.05) is 31.2 Å². The summed E-state index contributed by atoms with van der Waals surface area (Å²) in [6, 6.07) is 7.72. The minimum absolute atomic E-state index is 0.168. The van der Waals surface area contributed by atoms with Crippen molar-refractivity contribution in [3.8, 4) is 11.4 Å². The van der Waals surface area contributed by atoms with E-state index in [0.29, 0.717) is 33.1 Å². The summed E-state index contributed by atoms with van der Waals surface area (Å²) in [6.45, 7) is 4.22. The quantitative estimate of drug-likeness (QED) is 0.560. The van der Waals surface area contributed by atoms with Gasteiger partial charge >= 0.3 is 5.97 Å². The molecule has 0 saturated carbocycles. The van der Waals surface area contributed by atoms with Crippen molar-refractivity contribution in [3.05, 3.63) is 50.6 Å². The van der Waals surface area contributed by atoms with Crippen LogP contribution in [0.25, 0.3) is 21.6 Å². The van der Waals surface area contributed by atoms with E-state index in [-0.39, 0.29) is 12.2 Å². The van der Waals surface area contributed by atoms with Crippen LogP contribution in [0.3, 0.4) is 0 Å². The largest absolute Gasteiger partial charge is 0.459 e. The van der Waals surface area contributed by atoms with Gasteiger partial charge in [0.25, 0.3) is 5.56 Å². The van der Waals surface area contributed by atoms with Crippen molar-refractivity contribution in [1.82, 2.24) is 9.97 Å². The molecule has 7 heteroatoms. The molecule has 2 heterocycles. The van der Waals surface area contributed by atoms with Crippen LogP contribution in [0.2, 0.25) is 0 Å². The molecule has 6 nitrogen and oxygen atoms in total. The maximum Gasteiger partial charge on any atom is 0.348 e. The van der Waals surface area contributed by atoms with Gasteiger partial charge in [-0.3, -0.25) is 4.79 Å². The molecule has 0 radical (unpaired) electrons. The van der Waals surface area contributed by atoms with Crippen LogP contribution in [0.5, 0.6) is 0 Å². The van der Waals surface area contributed by atoms with Crippen LogP contribution in [0.15, 0.2) is 29.1 Å². The van der Waals surface area contributed by atoms with E-state index in [4.69, 9.17) is 9.47 Å². The number of hydrogen-bond donors (Lipinski definition) is 1. The Labute approximate surface area is 148 Å². The predicted octanol–water partition coefficient (Wildman–Crippen LogP) is 3.07. The van der Waals surface area contributed by atoms with Crippen molar-refractivity contribution in [2.24, 2.45) is 0 Å². The van der Waals surface area contributed by atoms with Gasteiger partial charge in [0.1, 0.15) is 22.1 Å². The fraction of sp³-hybridized carbons (Fsp3) is 0.278. The van der Waals surface area contributed by atoms with Gasteiger partial charge in [-0.2, -0.15) is 0 Å². The molecule has 0 spiro atoms. The molecule has 0 unspecified atom stereocenters. The van der Waals surface area contributed by atoms with Crippen molar-refractivity contribution >= 4 is 27.5 Å². The maximum atomic E-state index is 12.5. The third-order valence-corrected chi connectivity index (χ3v) is 5.00. The number of thiophene rings is 1. The van der Waals surface area contributed by atoms with Crippen molar-refractivity contribution < 1.29 is 14.3 Å². The second-order valence-corrected chi connectivity index (χ2v) is 6.64. The molecule has 0 bridgehead atoms. The van der Waals surface area contributed by atoms with Crippen LogP contribution in [-0.4, -0.2) is 36.3 Å². The number of nitrogens with one attached hydrogen (secondary N) is 1. The zero-order valence-corrected chi connectivity index (χ0v) is 15.0. The number of hydrogen-bond acceptors (Lipinski definition) is 6. The number of aromatic nitrogens is 2. The van der Waals surface area contributed by atoms with Gasteiger partial charge in [0.05, 0.1) is 12.0 Å². The summed E-state index contributed by atoms with van der Waals surface area (Å²) < 4.78 is 10.0. The standard InChI is InChI=1S/C18H18N2O4S/c1-10-4-6-12(7-5-10)15-19-16(21)13-11(2)14(25-17(13)20-15)18(22)24-9-8-23-3/h4-7H,8-9H2,1-3H3,(H,19,20,21). The Morgan fingerprint density at radius 1 is 1.20 bits per heavy atom. The number of aryl methyl sites for hydroxylation is 2. The van der Waals surface area contributed by atoms with Crippen LogP contribution in [0.4, 0.5) is 0 Å². The number of benzene rings is 1. The second kappa shape index (κ2) is 7.16. The Morgan fingerprint density at radius 2 is 1.92 bits per heavy atom. The topological polar surface area (TPSA) is 81.3 Å². The van der Waals surface area contributed by atoms with Crippen LogP contribution >= 0.6 is 11.3 Å². The van der Waals surface area contributed by atoms with Gasteiger partial charge in [0.2, 0.25) is 0 Å². The van der Waals surface area contributed by atoms with Gasteiger partial charge in [-0.1, -0.05) is 29.8 Å². The van der Waals surface area contributed by atoms with Gasteiger partial charge < -0.3 is 14.5 Å². The average Bonchev–Trinajstić information content (AvgIpc) is 2.93. The maximum absolute atomic E-state index is 12.5. The van der Waals surface area contributed by atoms with Crippen molar-refractivity contribution in [1.29, 1.82) is 0 Å². The molecule has 0 fully saturated rings. The van der Waals surface area contributed by atoms with E-state index in [0.717, 1.165) is 11.1 Å². The lowest BCUT2D eigenvalue weighted by molar-refractivity contribution is 0.0393. The van der Waals surface area contributed by atoms with E-state index in [1.165, 1.54) is 18.4 Å². The van der Waals surface area contributed by atoms with E-state index >= 15 is 0 Å². The Kier molecular flexibility index (Phi) is 4.96. The monoisotopic (exact) mass is 358 g/mol. The highest BCUT2D eigenvalue weighted by atomic mass is 32.1. The summed E-state index contributed by atoms with van der Waals surface area (Å²) in [5, 5.41) is 0.430. The van der Waals surface area contributed by atoms with E-state index in [2.05, 4.69) is 9.97 Å². The second-order valence-electron chi connectivity index (χ2n) is 5.65. The summed E-state index contributed by atoms with van der Waals surface area (Å²) in [6.07, 6.45) is 0. The highest BCUT2D eigenvalue weighted by Gasteiger charge is 2.20. The number of nitrogens with zero attached hydrogens (tertiary/aromatic N) is 1. The number of aromatic amines is 1. The predicted molar refractivity (Wildman–Crippen MR) is 97.3 cm³/mol. The smallest absolute Gasteiger partial charge is 0.348 e. The van der Waals surface area contributed by atoms with Crippen molar-refractivity contribution in [3.63, 3.8) is 0 Å². The molecule has 1 aromatic carbocycles. The van der Waals surface area contributed by atoms with Gasteiger partial charge in [0.15, 0.2) is 0 Å². The van der Waals surface area contributed by atoms with Crippen LogP contribution in [0.1, 0.15) is 20.8 Å². The molecule has 0 aliphatic rings. The highest BCUT2D eigenvalue weighted by molar-refractivity contribution is 7.20. The minimum atomic E-state index is -0.464. The number of carbonyl (C=O) groups excluding carboxylic acids is 1. The summed E-state index contributed by atoms with van der Waals surface area (Å²) in [7, 11) is 1.54.